The van der Waals surface area contributed by atoms with Crippen LogP contribution >= 0.6 is 0 Å². The van der Waals surface area contributed by atoms with E-state index < -0.39 is 28.4 Å². The largest absolute Gasteiger partial charge is 0.497 e. The van der Waals surface area contributed by atoms with Gasteiger partial charge in [-0.15, -0.1) is 0 Å². The first-order valence-corrected chi connectivity index (χ1v) is 11.0. The molecule has 0 atom stereocenters. The molecule has 0 radical (unpaired) electrons. The second kappa shape index (κ2) is 8.81. The van der Waals surface area contributed by atoms with Crippen LogP contribution in [0.25, 0.3) is 4.91 Å². The summed E-state index contributed by atoms with van der Waals surface area (Å²) in [7, 11) is -1.11. The Bertz CT molecular complexity index is 1150. The molecule has 0 aliphatic carbocycles. The lowest BCUT2D eigenvalue weighted by Gasteiger charge is -2.17. The quantitative estimate of drug-likeness (QED) is 0.703. The van der Waals surface area contributed by atoms with Gasteiger partial charge < -0.3 is 14.8 Å². The summed E-state index contributed by atoms with van der Waals surface area (Å²) in [6.07, 6.45) is 0. The lowest BCUT2D eigenvalue weighted by molar-refractivity contribution is -0.128. The molecule has 1 aliphatic rings. The van der Waals surface area contributed by atoms with Crippen LogP contribution in [-0.4, -0.2) is 45.3 Å². The van der Waals surface area contributed by atoms with Crippen LogP contribution in [0.2, 0.25) is 0 Å². The van der Waals surface area contributed by atoms with Gasteiger partial charge in [-0.2, -0.15) is 0 Å². The van der Waals surface area contributed by atoms with Crippen LogP contribution in [0.4, 0.5) is 0 Å². The van der Waals surface area contributed by atoms with E-state index in [1.54, 1.807) is 42.5 Å². The number of amides is 2. The lowest BCUT2D eigenvalue weighted by Crippen LogP contribution is -2.40. The van der Waals surface area contributed by atoms with E-state index in [0.717, 1.165) is 5.56 Å². The van der Waals surface area contributed by atoms with Crippen molar-refractivity contribution >= 4 is 26.7 Å². The molecule has 0 spiro atoms. The number of sulfonamides is 1. The highest BCUT2D eigenvalue weighted by molar-refractivity contribution is 7.99. The van der Waals surface area contributed by atoms with Gasteiger partial charge in [-0.3, -0.25) is 9.59 Å². The molecule has 3 rings (SSSR count). The Balaban J connectivity index is 1.75. The fourth-order valence-corrected chi connectivity index (χ4v) is 5.10. The van der Waals surface area contributed by atoms with Crippen LogP contribution in [-0.2, 0) is 26.2 Å². The third kappa shape index (κ3) is 4.41. The fraction of sp³-hybridized carbons (Fsp3) is 0.273. The maximum atomic E-state index is 13.0. The van der Waals surface area contributed by atoms with Gasteiger partial charge in [-0.25, -0.2) is 12.7 Å². The average Bonchev–Trinajstić information content (AvgIpc) is 2.92. The van der Waals surface area contributed by atoms with Gasteiger partial charge in [0.05, 0.1) is 14.2 Å². The topological polar surface area (TPSA) is 102 Å². The van der Waals surface area contributed by atoms with Gasteiger partial charge in [0.1, 0.15) is 22.9 Å². The van der Waals surface area contributed by atoms with Crippen molar-refractivity contribution < 1.29 is 27.5 Å². The molecule has 0 saturated carbocycles. The van der Waals surface area contributed by atoms with E-state index in [4.69, 9.17) is 9.47 Å². The van der Waals surface area contributed by atoms with Crippen molar-refractivity contribution in [2.75, 3.05) is 20.8 Å². The van der Waals surface area contributed by atoms with Crippen molar-refractivity contribution in [3.8, 4) is 11.5 Å². The molecule has 8 nitrogen and oxygen atoms in total. The van der Waals surface area contributed by atoms with Gasteiger partial charge in [0.2, 0.25) is 5.91 Å². The minimum atomic E-state index is -4.14. The Morgan fingerprint density at radius 2 is 1.71 bits per heavy atom. The summed E-state index contributed by atoms with van der Waals surface area (Å²) in [5.74, 6) is -0.181. The summed E-state index contributed by atoms with van der Waals surface area (Å²) in [5.41, 5.74) is 2.12. The second-order valence-corrected chi connectivity index (χ2v) is 8.89. The van der Waals surface area contributed by atoms with Crippen molar-refractivity contribution in [3.63, 3.8) is 0 Å². The van der Waals surface area contributed by atoms with Gasteiger partial charge in [-0.05, 0) is 37.6 Å². The first kappa shape index (κ1) is 22.4. The van der Waals surface area contributed by atoms with E-state index in [2.05, 4.69) is 5.32 Å². The summed E-state index contributed by atoms with van der Waals surface area (Å²) in [6, 6.07) is 12.0. The number of aryl methyl sites for hydroxylation is 1. The molecule has 1 N–H and O–H groups in total. The number of hydrogen-bond acceptors (Lipinski definition) is 6. The predicted molar refractivity (Wildman–Crippen MR) is 116 cm³/mol. The van der Waals surface area contributed by atoms with Crippen molar-refractivity contribution in [2.45, 2.75) is 20.4 Å². The number of ether oxygens (including phenoxy) is 2. The number of nitrogens with one attached hydrogen (secondary N) is 1. The monoisotopic (exact) mass is 444 g/mol. The number of carbonyl (C=O) groups excluding carboxylic acids is 2. The molecule has 2 aromatic carbocycles. The number of benzene rings is 2. The SMILES string of the molecule is COc1ccc(OC)c(CNC(=O)CN2C(=O)C(C)=C(c3ccc(C)cc3)S2(=O)=O)c1. The van der Waals surface area contributed by atoms with Gasteiger partial charge in [0.15, 0.2) is 0 Å². The smallest absolute Gasteiger partial charge is 0.268 e. The fourth-order valence-electron chi connectivity index (χ4n) is 3.32. The van der Waals surface area contributed by atoms with Crippen LogP contribution in [0.3, 0.4) is 0 Å². The number of hydrogen-bond donors (Lipinski definition) is 1. The third-order valence-electron chi connectivity index (χ3n) is 5.00. The van der Waals surface area contributed by atoms with Gasteiger partial charge >= 0.3 is 0 Å². The molecule has 2 amide bonds. The van der Waals surface area contributed by atoms with E-state index >= 15 is 0 Å². The molecule has 0 fully saturated rings. The molecular formula is C22H24N2O6S. The summed E-state index contributed by atoms with van der Waals surface area (Å²) in [4.78, 5) is 25.1. The predicted octanol–water partition coefficient (Wildman–Crippen LogP) is 2.23. The molecule has 0 unspecified atom stereocenters. The molecule has 0 aromatic heterocycles. The van der Waals surface area contributed by atoms with Crippen molar-refractivity contribution in [2.24, 2.45) is 0 Å². The van der Waals surface area contributed by atoms with Crippen molar-refractivity contribution in [1.82, 2.24) is 9.62 Å². The minimum Gasteiger partial charge on any atom is -0.497 e. The van der Waals surface area contributed by atoms with Gasteiger partial charge in [-0.1, -0.05) is 29.8 Å². The van der Waals surface area contributed by atoms with Crippen LogP contribution in [0.5, 0.6) is 11.5 Å². The molecule has 31 heavy (non-hydrogen) atoms. The third-order valence-corrected chi connectivity index (χ3v) is 6.93. The molecular weight excluding hydrogens is 420 g/mol. The summed E-state index contributed by atoms with van der Waals surface area (Å²) in [5, 5.41) is 2.64. The van der Waals surface area contributed by atoms with E-state index in [-0.39, 0.29) is 17.0 Å². The van der Waals surface area contributed by atoms with E-state index in [1.165, 1.54) is 21.1 Å². The zero-order valence-electron chi connectivity index (χ0n) is 17.8. The Hall–Kier alpha value is -3.33. The van der Waals surface area contributed by atoms with Crippen LogP contribution in [0.1, 0.15) is 23.6 Å². The van der Waals surface area contributed by atoms with Crippen molar-refractivity contribution in [3.05, 3.63) is 64.7 Å². The van der Waals surface area contributed by atoms with E-state index in [0.29, 0.717) is 26.9 Å². The van der Waals surface area contributed by atoms with Gasteiger partial charge in [0.25, 0.3) is 15.9 Å². The highest BCUT2D eigenvalue weighted by Gasteiger charge is 2.43. The Morgan fingerprint density at radius 1 is 1.03 bits per heavy atom. The number of methoxy groups -OCH3 is 2. The maximum absolute atomic E-state index is 13.0. The first-order chi connectivity index (χ1) is 14.7. The molecule has 9 heteroatoms. The molecule has 2 aromatic rings. The standard InChI is InChI=1S/C22H24N2O6S/c1-14-5-7-16(8-6-14)21-15(2)22(26)24(31(21,27)28)13-20(25)23-12-17-11-18(29-3)9-10-19(17)30-4/h5-11H,12-13H2,1-4H3,(H,23,25). The Kier molecular flexibility index (Phi) is 6.35. The minimum absolute atomic E-state index is 0.0697. The summed E-state index contributed by atoms with van der Waals surface area (Å²) < 4.78 is 37.1. The molecule has 164 valence electrons. The Morgan fingerprint density at radius 3 is 2.32 bits per heavy atom. The second-order valence-electron chi connectivity index (χ2n) is 7.09. The summed E-state index contributed by atoms with van der Waals surface area (Å²) >= 11 is 0. The summed E-state index contributed by atoms with van der Waals surface area (Å²) in [6.45, 7) is 2.81. The number of nitrogens with zero attached hydrogens (tertiary/aromatic N) is 1. The molecule has 0 bridgehead atoms. The maximum Gasteiger partial charge on any atom is 0.268 e. The number of carbonyl (C=O) groups is 2. The van der Waals surface area contributed by atoms with E-state index in [9.17, 15) is 18.0 Å². The lowest BCUT2D eigenvalue weighted by atomic mass is 10.1. The highest BCUT2D eigenvalue weighted by Crippen LogP contribution is 2.35. The zero-order valence-corrected chi connectivity index (χ0v) is 18.6. The molecule has 0 saturated heterocycles. The van der Waals surface area contributed by atoms with Crippen molar-refractivity contribution in [1.29, 1.82) is 0 Å². The van der Waals surface area contributed by atoms with Crippen LogP contribution < -0.4 is 14.8 Å². The highest BCUT2D eigenvalue weighted by atomic mass is 32.2. The van der Waals surface area contributed by atoms with E-state index in [1.807, 2.05) is 6.92 Å². The van der Waals surface area contributed by atoms with Gasteiger partial charge in [0, 0.05) is 17.7 Å². The number of rotatable bonds is 7. The van der Waals surface area contributed by atoms with Crippen LogP contribution in [0.15, 0.2) is 48.0 Å². The first-order valence-electron chi connectivity index (χ1n) is 9.51. The molecule has 1 heterocycles. The molecule has 1 aliphatic heterocycles. The normalized spacial score (nSPS) is 15.2. The zero-order chi connectivity index (χ0) is 22.8. The van der Waals surface area contributed by atoms with Crippen LogP contribution in [0, 0.1) is 6.92 Å². The average molecular weight is 445 g/mol. The Labute approximate surface area is 181 Å².